The second-order valence-electron chi connectivity index (χ2n) is 4.83. The number of nitrogens with one attached hydrogen (secondary N) is 1. The van der Waals surface area contributed by atoms with E-state index in [1.165, 1.54) is 13.3 Å². The molecule has 0 aromatic heterocycles. The average Bonchev–Trinajstić information content (AvgIpc) is 2.66. The lowest BCUT2D eigenvalue weighted by atomic mass is 10.2. The highest BCUT2D eigenvalue weighted by Gasteiger charge is 2.06. The second kappa shape index (κ2) is 8.99. The van der Waals surface area contributed by atoms with Crippen LogP contribution in [0.25, 0.3) is 0 Å². The fraction of sp³-hybridized carbons (Fsp3) is 0.158. The summed E-state index contributed by atoms with van der Waals surface area (Å²) in [6.45, 7) is 0.154. The molecule has 0 radical (unpaired) electrons. The first-order chi connectivity index (χ1) is 12.2. The molecule has 1 amide bonds. The van der Waals surface area contributed by atoms with E-state index in [9.17, 15) is 4.79 Å². The van der Waals surface area contributed by atoms with E-state index in [0.717, 1.165) is 5.56 Å². The monoisotopic (exact) mass is 338 g/mol. The highest BCUT2D eigenvalue weighted by Crippen LogP contribution is 2.27. The van der Waals surface area contributed by atoms with Crippen molar-refractivity contribution in [3.8, 4) is 29.6 Å². The number of ether oxygens (including phenoxy) is 3. The first-order valence-corrected chi connectivity index (χ1v) is 7.39. The zero-order valence-corrected chi connectivity index (χ0v) is 14.0. The van der Waals surface area contributed by atoms with E-state index in [-0.39, 0.29) is 12.5 Å². The lowest BCUT2D eigenvalue weighted by Gasteiger charge is -2.09. The van der Waals surface area contributed by atoms with Gasteiger partial charge in [-0.15, -0.1) is 6.42 Å². The number of methoxy groups -OCH3 is 2. The van der Waals surface area contributed by atoms with Gasteiger partial charge in [0.1, 0.15) is 12.4 Å². The van der Waals surface area contributed by atoms with Crippen molar-refractivity contribution in [1.82, 2.24) is 5.43 Å². The standard InChI is InChI=1S/C19H18N2O4/c1-4-11-25-17-10-5-14(12-18(17)24-3)13-20-21-19(22)15-6-8-16(23-2)9-7-15/h1,5-10,12-13H,11H2,2-3H3,(H,21,22). The molecule has 6 nitrogen and oxygen atoms in total. The van der Waals surface area contributed by atoms with Gasteiger partial charge in [-0.25, -0.2) is 5.43 Å². The van der Waals surface area contributed by atoms with Crippen LogP contribution in [0.2, 0.25) is 0 Å². The van der Waals surface area contributed by atoms with Crippen LogP contribution in [0.15, 0.2) is 47.6 Å². The molecule has 6 heteroatoms. The van der Waals surface area contributed by atoms with Crippen molar-refractivity contribution in [2.45, 2.75) is 0 Å². The van der Waals surface area contributed by atoms with Gasteiger partial charge in [-0.05, 0) is 48.0 Å². The molecule has 0 bridgehead atoms. The number of nitrogens with zero attached hydrogens (tertiary/aromatic N) is 1. The summed E-state index contributed by atoms with van der Waals surface area (Å²) in [4.78, 5) is 12.0. The third kappa shape index (κ3) is 5.01. The molecule has 0 unspecified atom stereocenters. The molecule has 0 aliphatic heterocycles. The predicted molar refractivity (Wildman–Crippen MR) is 95.4 cm³/mol. The number of carbonyl (C=O) groups is 1. The lowest BCUT2D eigenvalue weighted by molar-refractivity contribution is 0.0955. The fourth-order valence-electron chi connectivity index (χ4n) is 1.98. The summed E-state index contributed by atoms with van der Waals surface area (Å²) in [5, 5.41) is 3.94. The number of hydrogen-bond acceptors (Lipinski definition) is 5. The van der Waals surface area contributed by atoms with Crippen LogP contribution in [0.3, 0.4) is 0 Å². The van der Waals surface area contributed by atoms with Crippen LogP contribution in [0, 0.1) is 12.3 Å². The maximum Gasteiger partial charge on any atom is 0.271 e. The Morgan fingerprint density at radius 3 is 2.56 bits per heavy atom. The molecule has 2 rings (SSSR count). The van der Waals surface area contributed by atoms with Gasteiger partial charge in [-0.3, -0.25) is 4.79 Å². The summed E-state index contributed by atoms with van der Waals surface area (Å²) >= 11 is 0. The van der Waals surface area contributed by atoms with E-state index < -0.39 is 0 Å². The van der Waals surface area contributed by atoms with Gasteiger partial charge >= 0.3 is 0 Å². The first kappa shape index (κ1) is 17.9. The second-order valence-corrected chi connectivity index (χ2v) is 4.83. The maximum atomic E-state index is 12.0. The van der Waals surface area contributed by atoms with Gasteiger partial charge < -0.3 is 14.2 Å². The van der Waals surface area contributed by atoms with Crippen molar-refractivity contribution >= 4 is 12.1 Å². The summed E-state index contributed by atoms with van der Waals surface area (Å²) in [6.07, 6.45) is 6.68. The average molecular weight is 338 g/mol. The summed E-state index contributed by atoms with van der Waals surface area (Å²) < 4.78 is 15.7. The van der Waals surface area contributed by atoms with Gasteiger partial charge in [-0.1, -0.05) is 5.92 Å². The number of amides is 1. The Morgan fingerprint density at radius 2 is 1.92 bits per heavy atom. The number of hydrogen-bond donors (Lipinski definition) is 1. The van der Waals surface area contributed by atoms with Gasteiger partial charge in [0.25, 0.3) is 5.91 Å². The van der Waals surface area contributed by atoms with Crippen molar-refractivity contribution < 1.29 is 19.0 Å². The lowest BCUT2D eigenvalue weighted by Crippen LogP contribution is -2.17. The van der Waals surface area contributed by atoms with Crippen molar-refractivity contribution in [3.05, 3.63) is 53.6 Å². The van der Waals surface area contributed by atoms with Gasteiger partial charge in [-0.2, -0.15) is 5.10 Å². The summed E-state index contributed by atoms with van der Waals surface area (Å²) in [5.41, 5.74) is 3.68. The highest BCUT2D eigenvalue weighted by molar-refractivity contribution is 5.95. The van der Waals surface area contributed by atoms with E-state index in [2.05, 4.69) is 16.4 Å². The summed E-state index contributed by atoms with van der Waals surface area (Å²) in [5.74, 6) is 3.82. The fourth-order valence-corrected chi connectivity index (χ4v) is 1.98. The van der Waals surface area contributed by atoms with Crippen molar-refractivity contribution in [2.24, 2.45) is 5.10 Å². The van der Waals surface area contributed by atoms with Crippen LogP contribution >= 0.6 is 0 Å². The molecule has 0 fully saturated rings. The number of benzene rings is 2. The normalized spacial score (nSPS) is 10.1. The number of rotatable bonds is 7. The Morgan fingerprint density at radius 1 is 1.16 bits per heavy atom. The van der Waals surface area contributed by atoms with Gasteiger partial charge in [0.15, 0.2) is 11.5 Å². The summed E-state index contributed by atoms with van der Waals surface area (Å²) in [7, 11) is 3.10. The Bertz CT molecular complexity index is 792. The number of terminal acetylenes is 1. The Hall–Kier alpha value is -3.46. The molecule has 128 valence electrons. The minimum absolute atomic E-state index is 0.154. The van der Waals surface area contributed by atoms with E-state index in [1.807, 2.05) is 0 Å². The van der Waals surface area contributed by atoms with Crippen LogP contribution in [0.5, 0.6) is 17.2 Å². The summed E-state index contributed by atoms with van der Waals surface area (Å²) in [6, 6.07) is 12.0. The molecule has 0 aliphatic carbocycles. The van der Waals surface area contributed by atoms with Crippen molar-refractivity contribution in [1.29, 1.82) is 0 Å². The third-order valence-corrected chi connectivity index (χ3v) is 3.23. The Balaban J connectivity index is 2.01. The molecule has 2 aromatic carbocycles. The van der Waals surface area contributed by atoms with E-state index in [0.29, 0.717) is 22.8 Å². The van der Waals surface area contributed by atoms with Gasteiger partial charge in [0, 0.05) is 5.56 Å². The van der Waals surface area contributed by atoms with E-state index in [4.69, 9.17) is 20.6 Å². The molecule has 25 heavy (non-hydrogen) atoms. The van der Waals surface area contributed by atoms with Crippen LogP contribution < -0.4 is 19.6 Å². The van der Waals surface area contributed by atoms with Crippen LogP contribution in [-0.4, -0.2) is 32.9 Å². The van der Waals surface area contributed by atoms with Crippen LogP contribution in [0.4, 0.5) is 0 Å². The number of hydrazone groups is 1. The molecule has 0 saturated heterocycles. The predicted octanol–water partition coefficient (Wildman–Crippen LogP) is 2.48. The zero-order valence-electron chi connectivity index (χ0n) is 14.0. The van der Waals surface area contributed by atoms with Gasteiger partial charge in [0.05, 0.1) is 20.4 Å². The maximum absolute atomic E-state index is 12.0. The molecular formula is C19H18N2O4. The third-order valence-electron chi connectivity index (χ3n) is 3.23. The molecule has 0 heterocycles. The largest absolute Gasteiger partial charge is 0.497 e. The van der Waals surface area contributed by atoms with Gasteiger partial charge in [0.2, 0.25) is 0 Å². The molecule has 0 saturated carbocycles. The smallest absolute Gasteiger partial charge is 0.271 e. The minimum Gasteiger partial charge on any atom is -0.497 e. The minimum atomic E-state index is -0.320. The molecular weight excluding hydrogens is 320 g/mol. The van der Waals surface area contributed by atoms with Crippen LogP contribution in [-0.2, 0) is 0 Å². The molecule has 2 aromatic rings. The quantitative estimate of drug-likeness (QED) is 0.478. The Kier molecular flexibility index (Phi) is 6.43. The molecule has 1 N–H and O–H groups in total. The van der Waals surface area contributed by atoms with Crippen molar-refractivity contribution in [2.75, 3.05) is 20.8 Å². The van der Waals surface area contributed by atoms with Crippen LogP contribution in [0.1, 0.15) is 15.9 Å². The van der Waals surface area contributed by atoms with Crippen molar-refractivity contribution in [3.63, 3.8) is 0 Å². The first-order valence-electron chi connectivity index (χ1n) is 7.39. The molecule has 0 atom stereocenters. The number of carbonyl (C=O) groups excluding carboxylic acids is 1. The Labute approximate surface area is 146 Å². The van der Waals surface area contributed by atoms with E-state index in [1.54, 1.807) is 49.6 Å². The van der Waals surface area contributed by atoms with E-state index >= 15 is 0 Å². The topological polar surface area (TPSA) is 69.2 Å². The zero-order chi connectivity index (χ0) is 18.1. The molecule has 0 aliphatic rings. The SMILES string of the molecule is C#CCOc1ccc(C=NNC(=O)c2ccc(OC)cc2)cc1OC. The molecule has 0 spiro atoms. The highest BCUT2D eigenvalue weighted by atomic mass is 16.5.